The molecule has 0 aromatic carbocycles. The molecule has 0 saturated heterocycles. The van der Waals surface area contributed by atoms with Crippen LogP contribution in [0.3, 0.4) is 0 Å². The largest absolute Gasteiger partial charge is 0.455 e. The summed E-state index contributed by atoms with van der Waals surface area (Å²) >= 11 is 0. The smallest absolute Gasteiger partial charge is 0.268 e. The van der Waals surface area contributed by atoms with Crippen LogP contribution >= 0.6 is 0 Å². The van der Waals surface area contributed by atoms with Crippen LogP contribution in [0.25, 0.3) is 16.9 Å². The molecule has 0 bridgehead atoms. The molecule has 22 heavy (non-hydrogen) atoms. The van der Waals surface area contributed by atoms with Crippen LogP contribution in [0, 0.1) is 0 Å². The number of aromatic amines is 1. The Kier molecular flexibility index (Phi) is 2.93. The van der Waals surface area contributed by atoms with Gasteiger partial charge in [-0.25, -0.2) is 9.97 Å². The molecule has 0 aliphatic heterocycles. The Morgan fingerprint density at radius 3 is 3.05 bits per heavy atom. The predicted octanol–water partition coefficient (Wildman–Crippen LogP) is 2.08. The Morgan fingerprint density at radius 2 is 2.09 bits per heavy atom. The maximum absolute atomic E-state index is 11.3. The number of allylic oxidation sites excluding steroid dienone is 1. The van der Waals surface area contributed by atoms with Gasteiger partial charge in [0.1, 0.15) is 11.3 Å². The van der Waals surface area contributed by atoms with Crippen molar-refractivity contribution in [2.24, 2.45) is 0 Å². The third-order valence-electron chi connectivity index (χ3n) is 3.53. The molecule has 1 aliphatic carbocycles. The molecule has 0 saturated carbocycles. The van der Waals surface area contributed by atoms with Crippen molar-refractivity contribution in [2.75, 3.05) is 0 Å². The van der Waals surface area contributed by atoms with Gasteiger partial charge in [0.2, 0.25) is 0 Å². The van der Waals surface area contributed by atoms with Crippen molar-refractivity contribution in [2.45, 2.75) is 12.8 Å². The fourth-order valence-corrected chi connectivity index (χ4v) is 2.53. The first-order chi connectivity index (χ1) is 10.8. The molecule has 0 spiro atoms. The highest BCUT2D eigenvalue weighted by Crippen LogP contribution is 2.29. The molecule has 4 rings (SSSR count). The number of aryl methyl sites for hydroxylation is 1. The van der Waals surface area contributed by atoms with Crippen LogP contribution in [0.2, 0.25) is 0 Å². The van der Waals surface area contributed by atoms with Gasteiger partial charge in [0.05, 0.1) is 11.9 Å². The minimum atomic E-state index is -0.288. The molecular formula is C16H12N4O2. The predicted molar refractivity (Wildman–Crippen MR) is 81.3 cm³/mol. The lowest BCUT2D eigenvalue weighted by Crippen LogP contribution is -2.09. The van der Waals surface area contributed by atoms with Crippen LogP contribution in [0.15, 0.2) is 47.7 Å². The van der Waals surface area contributed by atoms with Crippen LogP contribution in [-0.2, 0) is 6.42 Å². The van der Waals surface area contributed by atoms with E-state index in [1.807, 2.05) is 18.2 Å². The van der Waals surface area contributed by atoms with Crippen molar-refractivity contribution >= 4 is 16.9 Å². The van der Waals surface area contributed by atoms with E-state index in [0.29, 0.717) is 16.9 Å². The summed E-state index contributed by atoms with van der Waals surface area (Å²) in [5.41, 5.74) is 2.67. The second-order valence-electron chi connectivity index (χ2n) is 4.96. The molecular weight excluding hydrogens is 280 g/mol. The summed E-state index contributed by atoms with van der Waals surface area (Å²) in [4.78, 5) is 26.6. The second kappa shape index (κ2) is 5.07. The van der Waals surface area contributed by atoms with E-state index in [2.05, 4.69) is 19.9 Å². The van der Waals surface area contributed by atoms with Crippen molar-refractivity contribution < 1.29 is 4.74 Å². The zero-order valence-corrected chi connectivity index (χ0v) is 11.6. The van der Waals surface area contributed by atoms with Crippen molar-refractivity contribution in [3.8, 4) is 5.75 Å². The molecule has 108 valence electrons. The summed E-state index contributed by atoms with van der Waals surface area (Å²) in [7, 11) is 0. The van der Waals surface area contributed by atoms with Crippen LogP contribution in [0.1, 0.15) is 17.7 Å². The third kappa shape index (κ3) is 2.14. The van der Waals surface area contributed by atoms with Crippen molar-refractivity contribution in [1.82, 2.24) is 19.9 Å². The molecule has 0 radical (unpaired) electrons. The molecule has 6 heteroatoms. The summed E-state index contributed by atoms with van der Waals surface area (Å²) in [6.45, 7) is 0. The Morgan fingerprint density at radius 1 is 1.14 bits per heavy atom. The summed E-state index contributed by atoms with van der Waals surface area (Å²) < 4.78 is 6.03. The van der Waals surface area contributed by atoms with Crippen molar-refractivity contribution in [3.05, 3.63) is 64.5 Å². The third-order valence-corrected chi connectivity index (χ3v) is 3.53. The molecule has 1 aliphatic rings. The molecule has 3 heterocycles. The molecule has 6 nitrogen and oxygen atoms in total. The number of nitrogens with one attached hydrogen (secondary N) is 1. The fraction of sp³-hybridized carbons (Fsp3) is 0.125. The van der Waals surface area contributed by atoms with Gasteiger partial charge in [-0.1, -0.05) is 0 Å². The normalized spacial score (nSPS) is 13.5. The van der Waals surface area contributed by atoms with Crippen LogP contribution in [0.4, 0.5) is 0 Å². The number of pyridine rings is 2. The molecule has 3 aromatic rings. The zero-order chi connectivity index (χ0) is 14.9. The number of fused-ring (bicyclic) bond motifs is 2. The quantitative estimate of drug-likeness (QED) is 0.782. The number of H-pyrrole nitrogens is 1. The number of ether oxygens (including phenoxy) is 1. The van der Waals surface area contributed by atoms with Gasteiger partial charge < -0.3 is 9.72 Å². The minimum absolute atomic E-state index is 0.288. The van der Waals surface area contributed by atoms with E-state index in [4.69, 9.17) is 4.74 Å². The van der Waals surface area contributed by atoms with Gasteiger partial charge >= 0.3 is 0 Å². The summed E-state index contributed by atoms with van der Waals surface area (Å²) in [6, 6.07) is 5.62. The van der Waals surface area contributed by atoms with Crippen LogP contribution in [0.5, 0.6) is 5.75 Å². The molecule has 0 amide bonds. The van der Waals surface area contributed by atoms with Gasteiger partial charge in [-0.15, -0.1) is 0 Å². The SMILES string of the molecule is O=c1cnc2c(OC3=CCCc4ncccc43)ccnc2[nH]1. The van der Waals surface area contributed by atoms with Gasteiger partial charge in [-0.05, 0) is 31.1 Å². The van der Waals surface area contributed by atoms with E-state index in [1.165, 1.54) is 6.20 Å². The van der Waals surface area contributed by atoms with Crippen molar-refractivity contribution in [3.63, 3.8) is 0 Å². The Hall–Kier alpha value is -3.02. The van der Waals surface area contributed by atoms with Crippen LogP contribution in [-0.4, -0.2) is 19.9 Å². The van der Waals surface area contributed by atoms with E-state index in [1.54, 1.807) is 18.5 Å². The zero-order valence-electron chi connectivity index (χ0n) is 11.6. The van der Waals surface area contributed by atoms with Gasteiger partial charge in [0.15, 0.2) is 11.4 Å². The Balaban J connectivity index is 1.79. The standard InChI is InChI=1S/C16H12N4O2/c21-14-9-19-15-13(6-8-18-16(15)20-14)22-12-5-1-4-11-10(12)3-2-7-17-11/h2-3,5-9H,1,4H2,(H,18,20,21). The fourth-order valence-electron chi connectivity index (χ4n) is 2.53. The molecule has 1 N–H and O–H groups in total. The van der Waals surface area contributed by atoms with Crippen molar-refractivity contribution in [1.29, 1.82) is 0 Å². The Bertz CT molecular complexity index is 946. The molecule has 0 fully saturated rings. The number of aromatic nitrogens is 4. The minimum Gasteiger partial charge on any atom is -0.455 e. The van der Waals surface area contributed by atoms with Gasteiger partial charge in [0, 0.05) is 24.0 Å². The van der Waals surface area contributed by atoms with E-state index in [0.717, 1.165) is 29.9 Å². The topological polar surface area (TPSA) is 80.8 Å². The van der Waals surface area contributed by atoms with Crippen LogP contribution < -0.4 is 10.3 Å². The van der Waals surface area contributed by atoms with Gasteiger partial charge in [-0.3, -0.25) is 9.78 Å². The monoisotopic (exact) mass is 292 g/mol. The maximum atomic E-state index is 11.3. The lowest BCUT2D eigenvalue weighted by Gasteiger charge is -2.17. The Labute approximate surface area is 125 Å². The highest BCUT2D eigenvalue weighted by molar-refractivity contribution is 5.78. The van der Waals surface area contributed by atoms with Gasteiger partial charge in [0.25, 0.3) is 5.56 Å². The van der Waals surface area contributed by atoms with E-state index >= 15 is 0 Å². The molecule has 0 unspecified atom stereocenters. The number of nitrogens with zero attached hydrogens (tertiary/aromatic N) is 3. The first kappa shape index (κ1) is 12.7. The summed E-state index contributed by atoms with van der Waals surface area (Å²) in [6.07, 6.45) is 8.43. The number of hydrogen-bond donors (Lipinski definition) is 1. The average Bonchev–Trinajstić information content (AvgIpc) is 2.55. The average molecular weight is 292 g/mol. The van der Waals surface area contributed by atoms with Gasteiger partial charge in [-0.2, -0.15) is 0 Å². The lowest BCUT2D eigenvalue weighted by atomic mass is 10.0. The first-order valence-corrected chi connectivity index (χ1v) is 6.97. The highest BCUT2D eigenvalue weighted by atomic mass is 16.5. The van der Waals surface area contributed by atoms with E-state index < -0.39 is 0 Å². The molecule has 0 atom stereocenters. The number of rotatable bonds is 2. The lowest BCUT2D eigenvalue weighted by molar-refractivity contribution is 0.512. The summed E-state index contributed by atoms with van der Waals surface area (Å²) in [5.74, 6) is 1.32. The summed E-state index contributed by atoms with van der Waals surface area (Å²) in [5, 5.41) is 0. The number of hydrogen-bond acceptors (Lipinski definition) is 5. The molecule has 3 aromatic heterocycles. The first-order valence-electron chi connectivity index (χ1n) is 6.97. The van der Waals surface area contributed by atoms with E-state index in [9.17, 15) is 4.79 Å². The maximum Gasteiger partial charge on any atom is 0.268 e. The highest BCUT2D eigenvalue weighted by Gasteiger charge is 2.16. The van der Waals surface area contributed by atoms with E-state index in [-0.39, 0.29) is 5.56 Å². The second-order valence-corrected chi connectivity index (χ2v) is 4.96.